The summed E-state index contributed by atoms with van der Waals surface area (Å²) in [6.45, 7) is 1.41. The number of rotatable bonds is 6. The van der Waals surface area contributed by atoms with Crippen molar-refractivity contribution in [3.8, 4) is 0 Å². The van der Waals surface area contributed by atoms with Gasteiger partial charge in [-0.25, -0.2) is 0 Å². The first-order valence-electron chi connectivity index (χ1n) is 5.71. The Morgan fingerprint density at radius 1 is 1.33 bits per heavy atom. The molecule has 0 fully saturated rings. The summed E-state index contributed by atoms with van der Waals surface area (Å²) in [5.74, 6) is -1.37. The molecule has 10 heteroatoms. The van der Waals surface area contributed by atoms with E-state index in [1.165, 1.54) is 19.1 Å². The molecule has 118 valence electrons. The molecule has 0 saturated carbocycles. The van der Waals surface area contributed by atoms with Gasteiger partial charge in [0.2, 0.25) is 0 Å². The molecule has 0 bridgehead atoms. The zero-order chi connectivity index (χ0) is 16.3. The number of nitrogens with one attached hydrogen (secondary N) is 1. The summed E-state index contributed by atoms with van der Waals surface area (Å²) in [6, 6.07) is 7.87. The summed E-state index contributed by atoms with van der Waals surface area (Å²) in [4.78, 5) is 20.1. The fraction of sp³-hybridized carbons (Fsp3) is 0.273. The monoisotopic (exact) mass is 364 g/mol. The van der Waals surface area contributed by atoms with Gasteiger partial charge in [0.05, 0.1) is 6.42 Å². The zero-order valence-corrected chi connectivity index (χ0v) is 13.1. The van der Waals surface area contributed by atoms with Crippen LogP contribution in [-0.4, -0.2) is 43.0 Å². The Hall–Kier alpha value is -1.64. The third-order valence-electron chi connectivity index (χ3n) is 1.85. The average molecular weight is 364 g/mol. The number of hydrogen-bond donors (Lipinski definition) is 4. The van der Waals surface area contributed by atoms with Crippen molar-refractivity contribution in [1.82, 2.24) is 5.48 Å². The Kier molecular flexibility index (Phi) is 9.35. The van der Waals surface area contributed by atoms with Crippen molar-refractivity contribution in [1.29, 1.82) is 0 Å². The number of amides is 1. The van der Waals surface area contributed by atoms with E-state index in [1.807, 2.05) is 5.48 Å². The molecule has 0 heterocycles. The molecular formula is C11H17AsN2O7. The maximum absolute atomic E-state index is 11.8. The van der Waals surface area contributed by atoms with Crippen LogP contribution in [0.1, 0.15) is 13.3 Å². The first kappa shape index (κ1) is 19.4. The fourth-order valence-electron chi connectivity index (χ4n) is 0.975. The summed E-state index contributed by atoms with van der Waals surface area (Å²) in [5, 5.41) is 16.4. The molecule has 0 aromatic heterocycles. The number of benzene rings is 1. The Balaban J connectivity index is 0.000000567. The van der Waals surface area contributed by atoms with Crippen LogP contribution in [-0.2, 0) is 21.0 Å². The number of hydrogen-bond acceptors (Lipinski definition) is 7. The third kappa shape index (κ3) is 8.28. The molecule has 0 spiro atoms. The predicted molar refractivity (Wildman–Crippen MR) is 72.4 cm³/mol. The Morgan fingerprint density at radius 3 is 2.24 bits per heavy atom. The Morgan fingerprint density at radius 2 is 1.90 bits per heavy atom. The Labute approximate surface area is 123 Å². The first-order valence-corrected chi connectivity index (χ1v) is 8.95. The number of aliphatic carboxylic acids is 1. The molecular weight excluding hydrogens is 347 g/mol. The average Bonchev–Trinajstić information content (AvgIpc) is 2.46. The SMILES string of the molecule is CC(=O)NO[As](=O)(OO)c1ccccc1.NCCC(=O)O. The summed E-state index contributed by atoms with van der Waals surface area (Å²) >= 11 is -4.55. The van der Waals surface area contributed by atoms with Crippen LogP contribution in [0.2, 0.25) is 0 Å². The molecule has 1 amide bonds. The van der Waals surface area contributed by atoms with Crippen LogP contribution in [0.3, 0.4) is 0 Å². The quantitative estimate of drug-likeness (QED) is 0.292. The molecule has 21 heavy (non-hydrogen) atoms. The van der Waals surface area contributed by atoms with Crippen molar-refractivity contribution in [2.75, 3.05) is 6.54 Å². The minimum absolute atomic E-state index is 0.0694. The summed E-state index contributed by atoms with van der Waals surface area (Å²) < 4.78 is 20.5. The maximum Gasteiger partial charge on any atom is 0.304 e. The molecule has 0 aliphatic rings. The van der Waals surface area contributed by atoms with Crippen LogP contribution in [0.4, 0.5) is 0 Å². The smallest absolute Gasteiger partial charge is 0.304 e. The van der Waals surface area contributed by atoms with E-state index in [0.29, 0.717) is 0 Å². The minimum atomic E-state index is -4.55. The van der Waals surface area contributed by atoms with Gasteiger partial charge in [0.25, 0.3) is 0 Å². The van der Waals surface area contributed by atoms with Crippen molar-refractivity contribution >= 4 is 30.4 Å². The van der Waals surface area contributed by atoms with Crippen molar-refractivity contribution in [2.45, 2.75) is 13.3 Å². The van der Waals surface area contributed by atoms with Crippen LogP contribution >= 0.6 is 0 Å². The van der Waals surface area contributed by atoms with E-state index in [-0.39, 0.29) is 17.3 Å². The summed E-state index contributed by atoms with van der Waals surface area (Å²) in [5.41, 5.74) is 6.72. The van der Waals surface area contributed by atoms with Crippen LogP contribution in [0.25, 0.3) is 0 Å². The minimum Gasteiger partial charge on any atom is -0.481 e. The van der Waals surface area contributed by atoms with Gasteiger partial charge in [0.1, 0.15) is 0 Å². The van der Waals surface area contributed by atoms with Gasteiger partial charge in [0.15, 0.2) is 0 Å². The van der Waals surface area contributed by atoms with Crippen LogP contribution in [0.5, 0.6) is 0 Å². The maximum atomic E-state index is 11.8. The van der Waals surface area contributed by atoms with E-state index in [4.69, 9.17) is 16.1 Å². The van der Waals surface area contributed by atoms with E-state index in [9.17, 15) is 13.3 Å². The van der Waals surface area contributed by atoms with Gasteiger partial charge >= 0.3 is 94.6 Å². The second kappa shape index (κ2) is 10.1. The number of carboxylic acids is 1. The van der Waals surface area contributed by atoms with Gasteiger partial charge in [-0.3, -0.25) is 4.79 Å². The first-order chi connectivity index (χ1) is 9.85. The predicted octanol–water partition coefficient (Wildman–Crippen LogP) is -0.760. The molecule has 0 aliphatic carbocycles. The second-order valence-corrected chi connectivity index (χ2v) is 7.49. The molecule has 5 N–H and O–H groups in total. The number of carbonyl (C=O) groups excluding carboxylic acids is 1. The molecule has 1 aromatic rings. The van der Waals surface area contributed by atoms with Crippen molar-refractivity contribution in [2.24, 2.45) is 5.73 Å². The number of carbonyl (C=O) groups is 2. The van der Waals surface area contributed by atoms with Crippen LogP contribution in [0, 0.1) is 0 Å². The van der Waals surface area contributed by atoms with E-state index < -0.39 is 26.0 Å². The van der Waals surface area contributed by atoms with Gasteiger partial charge in [0, 0.05) is 6.54 Å². The van der Waals surface area contributed by atoms with E-state index in [0.717, 1.165) is 0 Å². The molecule has 0 saturated heterocycles. The molecule has 9 nitrogen and oxygen atoms in total. The van der Waals surface area contributed by atoms with Crippen LogP contribution < -0.4 is 15.6 Å². The van der Waals surface area contributed by atoms with Gasteiger partial charge in [-0.05, 0) is 0 Å². The summed E-state index contributed by atoms with van der Waals surface area (Å²) in [7, 11) is 0. The van der Waals surface area contributed by atoms with Gasteiger partial charge in [-0.15, -0.1) is 0 Å². The largest absolute Gasteiger partial charge is 0.481 e. The standard InChI is InChI=1S/C8H10AsNO5.C3H7NO2/c1-7(11)10-14-9(12,15-13)8-5-3-2-4-6-8;4-2-1-3(5)6/h2-6,13H,1H3,(H,10,11);1-2,4H2,(H,5,6). The summed E-state index contributed by atoms with van der Waals surface area (Å²) in [6.07, 6.45) is 0.0694. The molecule has 1 rings (SSSR count). The van der Waals surface area contributed by atoms with Gasteiger partial charge < -0.3 is 10.8 Å². The van der Waals surface area contributed by atoms with Gasteiger partial charge in [-0.1, -0.05) is 0 Å². The van der Waals surface area contributed by atoms with Crippen LogP contribution in [0.15, 0.2) is 30.3 Å². The van der Waals surface area contributed by atoms with Gasteiger partial charge in [-0.2, -0.15) is 0 Å². The second-order valence-electron chi connectivity index (χ2n) is 3.60. The normalized spacial score (nSPS) is 12.5. The third-order valence-corrected chi connectivity index (χ3v) is 4.95. The molecule has 1 unspecified atom stereocenters. The number of carboxylic acid groups (broad SMARTS) is 1. The van der Waals surface area contributed by atoms with Crippen molar-refractivity contribution in [3.05, 3.63) is 30.3 Å². The van der Waals surface area contributed by atoms with E-state index in [1.54, 1.807) is 18.2 Å². The fourth-order valence-corrected chi connectivity index (χ4v) is 3.11. The number of hydroxylamine groups is 1. The zero-order valence-electron chi connectivity index (χ0n) is 11.3. The van der Waals surface area contributed by atoms with Crippen molar-refractivity contribution in [3.63, 3.8) is 0 Å². The number of nitrogens with two attached hydrogens (primary N) is 1. The van der Waals surface area contributed by atoms with E-state index >= 15 is 0 Å². The van der Waals surface area contributed by atoms with Crippen molar-refractivity contribution < 1.29 is 31.4 Å². The Bertz CT molecular complexity index is 495. The molecule has 0 aliphatic heterocycles. The van der Waals surface area contributed by atoms with E-state index in [2.05, 4.69) is 7.70 Å². The topological polar surface area (TPSA) is 148 Å². The molecule has 1 atom stereocenters. The molecule has 1 aromatic carbocycles. The molecule has 0 radical (unpaired) electrons.